The van der Waals surface area contributed by atoms with Crippen LogP contribution in [0.4, 0.5) is 5.69 Å². The third kappa shape index (κ3) is 3.49. The Kier molecular flexibility index (Phi) is 4.62. The summed E-state index contributed by atoms with van der Waals surface area (Å²) in [5.74, 6) is 0.564. The van der Waals surface area contributed by atoms with E-state index < -0.39 is 6.10 Å². The summed E-state index contributed by atoms with van der Waals surface area (Å²) in [7, 11) is 0. The number of hydrogen-bond donors (Lipinski definition) is 1. The van der Waals surface area contributed by atoms with Crippen LogP contribution in [0.2, 0.25) is 0 Å². The van der Waals surface area contributed by atoms with E-state index in [0.29, 0.717) is 5.75 Å². The van der Waals surface area contributed by atoms with Gasteiger partial charge in [0.15, 0.2) is 6.10 Å². The number of aryl methyl sites for hydroxylation is 2. The number of rotatable bonds is 4. The summed E-state index contributed by atoms with van der Waals surface area (Å²) in [4.78, 5) is 12.7. The first-order valence-electron chi connectivity index (χ1n) is 9.94. The van der Waals surface area contributed by atoms with Gasteiger partial charge in [0.25, 0.3) is 5.91 Å². The molecule has 0 spiro atoms. The molecule has 1 atom stereocenters. The zero-order valence-electron chi connectivity index (χ0n) is 17.0. The first-order chi connectivity index (χ1) is 13.3. The van der Waals surface area contributed by atoms with Gasteiger partial charge in [-0.25, -0.2) is 0 Å². The quantitative estimate of drug-likeness (QED) is 0.642. The smallest absolute Gasteiger partial charge is 0.265 e. The highest BCUT2D eigenvalue weighted by Crippen LogP contribution is 2.35. The average molecular weight is 373 g/mol. The summed E-state index contributed by atoms with van der Waals surface area (Å²) in [5.41, 5.74) is 4.92. The Morgan fingerprint density at radius 2 is 1.64 bits per heavy atom. The van der Waals surface area contributed by atoms with Gasteiger partial charge in [-0.2, -0.15) is 0 Å². The van der Waals surface area contributed by atoms with Gasteiger partial charge in [0.1, 0.15) is 5.75 Å². The van der Waals surface area contributed by atoms with E-state index in [1.54, 1.807) is 6.92 Å². The van der Waals surface area contributed by atoms with E-state index in [2.05, 4.69) is 62.5 Å². The van der Waals surface area contributed by atoms with Gasteiger partial charge in [-0.3, -0.25) is 4.79 Å². The molecule has 3 nitrogen and oxygen atoms in total. The van der Waals surface area contributed by atoms with Crippen molar-refractivity contribution in [2.24, 2.45) is 0 Å². The summed E-state index contributed by atoms with van der Waals surface area (Å²) >= 11 is 0. The normalized spacial score (nSPS) is 14.1. The van der Waals surface area contributed by atoms with Crippen molar-refractivity contribution in [2.45, 2.75) is 52.1 Å². The van der Waals surface area contributed by atoms with Gasteiger partial charge in [0.05, 0.1) is 0 Å². The molecule has 1 amide bonds. The number of carbonyl (C=O) groups excluding carboxylic acids is 1. The van der Waals surface area contributed by atoms with Crippen molar-refractivity contribution in [2.75, 3.05) is 5.32 Å². The second kappa shape index (κ2) is 6.97. The van der Waals surface area contributed by atoms with Crippen LogP contribution in [0.1, 0.15) is 44.4 Å². The third-order valence-corrected chi connectivity index (χ3v) is 5.54. The van der Waals surface area contributed by atoms with Crippen LogP contribution in [0.25, 0.3) is 10.8 Å². The maximum atomic E-state index is 12.7. The van der Waals surface area contributed by atoms with E-state index >= 15 is 0 Å². The molecule has 3 aromatic rings. The van der Waals surface area contributed by atoms with Crippen molar-refractivity contribution in [1.82, 2.24) is 0 Å². The van der Waals surface area contributed by atoms with Crippen molar-refractivity contribution < 1.29 is 9.53 Å². The van der Waals surface area contributed by atoms with Gasteiger partial charge in [0.2, 0.25) is 0 Å². The van der Waals surface area contributed by atoms with Crippen LogP contribution in [0, 0.1) is 0 Å². The Labute approximate surface area is 166 Å². The van der Waals surface area contributed by atoms with E-state index in [9.17, 15) is 4.79 Å². The average Bonchev–Trinajstić information content (AvgIpc) is 3.08. The molecule has 0 aliphatic heterocycles. The van der Waals surface area contributed by atoms with Crippen molar-refractivity contribution >= 4 is 22.4 Å². The number of hydrogen-bond acceptors (Lipinski definition) is 2. The molecule has 0 saturated carbocycles. The molecule has 0 fully saturated rings. The molecule has 144 valence electrons. The number of ether oxygens (including phenoxy) is 1. The van der Waals surface area contributed by atoms with Crippen molar-refractivity contribution in [3.8, 4) is 5.75 Å². The summed E-state index contributed by atoms with van der Waals surface area (Å²) in [6.45, 7) is 8.32. The maximum Gasteiger partial charge on any atom is 0.265 e. The summed E-state index contributed by atoms with van der Waals surface area (Å²) < 4.78 is 5.88. The molecule has 0 unspecified atom stereocenters. The minimum atomic E-state index is -0.580. The second-order valence-electron chi connectivity index (χ2n) is 8.64. The fraction of sp³-hybridized carbons (Fsp3) is 0.320. The van der Waals surface area contributed by atoms with Gasteiger partial charge in [0, 0.05) is 11.1 Å². The predicted octanol–water partition coefficient (Wildman–Crippen LogP) is 5.64. The number of benzene rings is 3. The zero-order chi connectivity index (χ0) is 19.9. The van der Waals surface area contributed by atoms with Crippen LogP contribution < -0.4 is 10.1 Å². The summed E-state index contributed by atoms with van der Waals surface area (Å²) in [6.07, 6.45) is 1.57. The minimum Gasteiger partial charge on any atom is -0.481 e. The van der Waals surface area contributed by atoms with Crippen LogP contribution in [0.3, 0.4) is 0 Å². The number of amides is 1. The van der Waals surface area contributed by atoms with Crippen LogP contribution in [0.15, 0.2) is 54.6 Å². The molecule has 0 aromatic heterocycles. The number of anilines is 1. The number of carbonyl (C=O) groups is 1. The topological polar surface area (TPSA) is 38.3 Å². The molecule has 4 rings (SSSR count). The summed E-state index contributed by atoms with van der Waals surface area (Å²) in [6, 6.07) is 18.5. The molecule has 0 heterocycles. The maximum absolute atomic E-state index is 12.7. The lowest BCUT2D eigenvalue weighted by Crippen LogP contribution is -2.30. The predicted molar refractivity (Wildman–Crippen MR) is 115 cm³/mol. The van der Waals surface area contributed by atoms with Crippen LogP contribution >= 0.6 is 0 Å². The molecule has 1 N–H and O–H groups in total. The molecule has 3 aromatic carbocycles. The molecule has 0 bridgehead atoms. The van der Waals surface area contributed by atoms with Gasteiger partial charge >= 0.3 is 0 Å². The minimum absolute atomic E-state index is 0.0945. The van der Waals surface area contributed by atoms with E-state index in [4.69, 9.17) is 4.74 Å². The largest absolute Gasteiger partial charge is 0.481 e. The highest BCUT2D eigenvalue weighted by molar-refractivity contribution is 6.06. The lowest BCUT2D eigenvalue weighted by molar-refractivity contribution is -0.122. The monoisotopic (exact) mass is 373 g/mol. The van der Waals surface area contributed by atoms with Crippen molar-refractivity contribution in [3.05, 3.63) is 71.3 Å². The fourth-order valence-corrected chi connectivity index (χ4v) is 3.88. The van der Waals surface area contributed by atoms with Gasteiger partial charge < -0.3 is 10.1 Å². The van der Waals surface area contributed by atoms with E-state index in [0.717, 1.165) is 23.9 Å². The molecule has 28 heavy (non-hydrogen) atoms. The Hall–Kier alpha value is -2.81. The number of nitrogens with one attached hydrogen (secondary N) is 1. The zero-order valence-corrected chi connectivity index (χ0v) is 17.0. The van der Waals surface area contributed by atoms with E-state index in [1.165, 1.54) is 22.1 Å². The Morgan fingerprint density at radius 3 is 2.32 bits per heavy atom. The first kappa shape index (κ1) is 18.5. The van der Waals surface area contributed by atoms with Gasteiger partial charge in [-0.1, -0.05) is 57.2 Å². The second-order valence-corrected chi connectivity index (χ2v) is 8.64. The first-order valence-corrected chi connectivity index (χ1v) is 9.94. The third-order valence-electron chi connectivity index (χ3n) is 5.54. The van der Waals surface area contributed by atoms with Gasteiger partial charge in [-0.05, 0) is 65.5 Å². The lowest BCUT2D eigenvalue weighted by Gasteiger charge is -2.20. The van der Waals surface area contributed by atoms with Crippen molar-refractivity contribution in [3.63, 3.8) is 0 Å². The van der Waals surface area contributed by atoms with Crippen LogP contribution in [-0.2, 0) is 23.1 Å². The molecule has 3 heteroatoms. The Bertz CT molecular complexity index is 1020. The van der Waals surface area contributed by atoms with E-state index in [-0.39, 0.29) is 11.3 Å². The molecule has 1 aliphatic rings. The Morgan fingerprint density at radius 1 is 0.964 bits per heavy atom. The Balaban J connectivity index is 1.49. The standard InChI is InChI=1S/C25H27NO2/c1-16(28-20-13-11-19(12-14-20)25(2,3)4)24(27)26-22-15-10-18-9-8-17-6-5-7-21(22)23(17)18/h5-7,10-16H,8-9H2,1-4H3,(H,26,27)/t16-/m1/s1. The molecule has 0 saturated heterocycles. The molecule has 1 aliphatic carbocycles. The highest BCUT2D eigenvalue weighted by atomic mass is 16.5. The van der Waals surface area contributed by atoms with Crippen LogP contribution in [-0.4, -0.2) is 12.0 Å². The summed E-state index contributed by atoms with van der Waals surface area (Å²) in [5, 5.41) is 5.47. The van der Waals surface area contributed by atoms with Crippen LogP contribution in [0.5, 0.6) is 5.75 Å². The van der Waals surface area contributed by atoms with Crippen molar-refractivity contribution in [1.29, 1.82) is 0 Å². The lowest BCUT2D eigenvalue weighted by atomic mass is 9.87. The SMILES string of the molecule is C[C@@H](Oc1ccc(C(C)(C)C)cc1)C(=O)Nc1ccc2c3c(cccc13)CC2. The molecular formula is C25H27NO2. The highest BCUT2D eigenvalue weighted by Gasteiger charge is 2.20. The fourth-order valence-electron chi connectivity index (χ4n) is 3.88. The van der Waals surface area contributed by atoms with E-state index in [1.807, 2.05) is 18.2 Å². The van der Waals surface area contributed by atoms with Gasteiger partial charge in [-0.15, -0.1) is 0 Å². The molecule has 0 radical (unpaired) electrons. The molecular weight excluding hydrogens is 346 g/mol.